The molecule has 1 amide bonds. The van der Waals surface area contributed by atoms with Gasteiger partial charge in [-0.1, -0.05) is 17.3 Å². The molecular weight excluding hydrogens is 380 g/mol. The van der Waals surface area contributed by atoms with Crippen LogP contribution in [0.4, 0.5) is 5.69 Å². The SMILES string of the molecule is Cc1cc(CNC2CCN(c3ccc(CC(=O)N4CCC(O)CC4)cc3)CC2)on1. The Kier molecular flexibility index (Phi) is 6.69. The number of hydrogen-bond acceptors (Lipinski definition) is 6. The first-order chi connectivity index (χ1) is 14.6. The fourth-order valence-corrected chi connectivity index (χ4v) is 4.31. The molecule has 7 heteroatoms. The Morgan fingerprint density at radius 1 is 1.13 bits per heavy atom. The summed E-state index contributed by atoms with van der Waals surface area (Å²) in [6.45, 7) is 6.02. The van der Waals surface area contributed by atoms with E-state index in [2.05, 4.69) is 39.6 Å². The second-order valence-corrected chi connectivity index (χ2v) is 8.53. The summed E-state index contributed by atoms with van der Waals surface area (Å²) in [7, 11) is 0. The van der Waals surface area contributed by atoms with Crippen molar-refractivity contribution in [3.8, 4) is 0 Å². The van der Waals surface area contributed by atoms with Gasteiger partial charge in [0.2, 0.25) is 5.91 Å². The topological polar surface area (TPSA) is 81.8 Å². The van der Waals surface area contributed by atoms with Crippen molar-refractivity contribution in [1.29, 1.82) is 0 Å². The molecule has 0 saturated carbocycles. The van der Waals surface area contributed by atoms with Crippen LogP contribution in [0.2, 0.25) is 0 Å². The van der Waals surface area contributed by atoms with E-state index in [4.69, 9.17) is 4.52 Å². The van der Waals surface area contributed by atoms with Gasteiger partial charge in [-0.25, -0.2) is 0 Å². The lowest BCUT2D eigenvalue weighted by Gasteiger charge is -2.34. The Labute approximate surface area is 178 Å². The molecule has 0 radical (unpaired) electrons. The van der Waals surface area contributed by atoms with Gasteiger partial charge in [-0.2, -0.15) is 0 Å². The molecule has 2 fully saturated rings. The highest BCUT2D eigenvalue weighted by atomic mass is 16.5. The van der Waals surface area contributed by atoms with Gasteiger partial charge in [0.15, 0.2) is 5.76 Å². The van der Waals surface area contributed by atoms with E-state index >= 15 is 0 Å². The number of aliphatic hydroxyl groups is 1. The number of nitrogens with one attached hydrogen (secondary N) is 1. The second kappa shape index (κ2) is 9.62. The lowest BCUT2D eigenvalue weighted by atomic mass is 10.0. The quantitative estimate of drug-likeness (QED) is 0.758. The fraction of sp³-hybridized carbons (Fsp3) is 0.565. The molecule has 7 nitrogen and oxygen atoms in total. The summed E-state index contributed by atoms with van der Waals surface area (Å²) in [5.41, 5.74) is 3.19. The van der Waals surface area contributed by atoms with Crippen LogP contribution < -0.4 is 10.2 Å². The van der Waals surface area contributed by atoms with Gasteiger partial charge in [0, 0.05) is 44.0 Å². The number of carbonyl (C=O) groups excluding carboxylic acids is 1. The molecule has 4 rings (SSSR count). The normalized spacial score (nSPS) is 18.7. The number of aryl methyl sites for hydroxylation is 1. The summed E-state index contributed by atoms with van der Waals surface area (Å²) in [5, 5.41) is 17.1. The summed E-state index contributed by atoms with van der Waals surface area (Å²) >= 11 is 0. The Hall–Kier alpha value is -2.38. The number of hydrogen-bond donors (Lipinski definition) is 2. The van der Waals surface area contributed by atoms with Crippen molar-refractivity contribution in [3.63, 3.8) is 0 Å². The van der Waals surface area contributed by atoms with Crippen LogP contribution in [0.1, 0.15) is 42.7 Å². The van der Waals surface area contributed by atoms with Gasteiger partial charge in [0.1, 0.15) is 0 Å². The van der Waals surface area contributed by atoms with E-state index in [9.17, 15) is 9.90 Å². The number of aliphatic hydroxyl groups excluding tert-OH is 1. The van der Waals surface area contributed by atoms with Gasteiger partial charge in [0.05, 0.1) is 24.8 Å². The predicted octanol–water partition coefficient (Wildman–Crippen LogP) is 2.27. The van der Waals surface area contributed by atoms with Crippen LogP contribution >= 0.6 is 0 Å². The van der Waals surface area contributed by atoms with E-state index < -0.39 is 0 Å². The lowest BCUT2D eigenvalue weighted by Crippen LogP contribution is -2.42. The molecule has 2 aliphatic heterocycles. The third-order valence-corrected chi connectivity index (χ3v) is 6.21. The number of amides is 1. The monoisotopic (exact) mass is 412 g/mol. The number of piperidine rings is 2. The Morgan fingerprint density at radius 2 is 1.83 bits per heavy atom. The van der Waals surface area contributed by atoms with Crippen LogP contribution in [0.25, 0.3) is 0 Å². The molecule has 2 N–H and O–H groups in total. The molecule has 2 aliphatic rings. The number of aromatic nitrogens is 1. The first-order valence-corrected chi connectivity index (χ1v) is 11.0. The molecule has 2 aromatic rings. The zero-order chi connectivity index (χ0) is 20.9. The fourth-order valence-electron chi connectivity index (χ4n) is 4.31. The molecule has 1 aromatic carbocycles. The van der Waals surface area contributed by atoms with Gasteiger partial charge in [0.25, 0.3) is 0 Å². The van der Waals surface area contributed by atoms with Crippen LogP contribution in [0, 0.1) is 6.92 Å². The maximum atomic E-state index is 12.5. The molecule has 0 atom stereocenters. The Morgan fingerprint density at radius 3 is 2.47 bits per heavy atom. The van der Waals surface area contributed by atoms with E-state index in [0.29, 0.717) is 38.4 Å². The third-order valence-electron chi connectivity index (χ3n) is 6.21. The van der Waals surface area contributed by atoms with Crippen LogP contribution in [0.3, 0.4) is 0 Å². The van der Waals surface area contributed by atoms with E-state index in [1.165, 1.54) is 5.69 Å². The minimum Gasteiger partial charge on any atom is -0.393 e. The first kappa shape index (κ1) is 20.9. The molecule has 0 unspecified atom stereocenters. The largest absolute Gasteiger partial charge is 0.393 e. The minimum absolute atomic E-state index is 0.156. The van der Waals surface area contributed by atoms with Crippen molar-refractivity contribution in [2.24, 2.45) is 0 Å². The molecule has 0 aliphatic carbocycles. The molecule has 0 spiro atoms. The molecule has 1 aromatic heterocycles. The van der Waals surface area contributed by atoms with Crippen LogP contribution in [0.5, 0.6) is 0 Å². The van der Waals surface area contributed by atoms with Crippen molar-refractivity contribution >= 4 is 11.6 Å². The molecule has 30 heavy (non-hydrogen) atoms. The lowest BCUT2D eigenvalue weighted by molar-refractivity contribution is -0.132. The summed E-state index contributed by atoms with van der Waals surface area (Å²) in [5.74, 6) is 1.05. The van der Waals surface area contributed by atoms with Gasteiger partial charge in [-0.15, -0.1) is 0 Å². The first-order valence-electron chi connectivity index (χ1n) is 11.0. The van der Waals surface area contributed by atoms with Crippen molar-refractivity contribution in [3.05, 3.63) is 47.3 Å². The smallest absolute Gasteiger partial charge is 0.226 e. The zero-order valence-corrected chi connectivity index (χ0v) is 17.7. The number of nitrogens with zero attached hydrogens (tertiary/aromatic N) is 3. The number of benzene rings is 1. The highest BCUT2D eigenvalue weighted by molar-refractivity contribution is 5.79. The Balaban J connectivity index is 1.22. The number of likely N-dealkylation sites (tertiary alicyclic amines) is 1. The van der Waals surface area contributed by atoms with Crippen LogP contribution in [0.15, 0.2) is 34.9 Å². The van der Waals surface area contributed by atoms with E-state index in [0.717, 1.165) is 49.5 Å². The van der Waals surface area contributed by atoms with Gasteiger partial charge >= 0.3 is 0 Å². The molecule has 162 valence electrons. The summed E-state index contributed by atoms with van der Waals surface area (Å²) in [6.07, 6.45) is 3.74. The third kappa shape index (κ3) is 5.40. The highest BCUT2D eigenvalue weighted by Gasteiger charge is 2.22. The van der Waals surface area contributed by atoms with E-state index in [1.807, 2.05) is 17.9 Å². The second-order valence-electron chi connectivity index (χ2n) is 8.53. The van der Waals surface area contributed by atoms with E-state index in [1.54, 1.807) is 0 Å². The Bertz CT molecular complexity index is 819. The van der Waals surface area contributed by atoms with Crippen molar-refractivity contribution < 1.29 is 14.4 Å². The average molecular weight is 413 g/mol. The molecule has 2 saturated heterocycles. The average Bonchev–Trinajstić information content (AvgIpc) is 3.19. The van der Waals surface area contributed by atoms with Crippen molar-refractivity contribution in [2.45, 2.75) is 57.7 Å². The highest BCUT2D eigenvalue weighted by Crippen LogP contribution is 2.21. The zero-order valence-electron chi connectivity index (χ0n) is 17.7. The summed E-state index contributed by atoms with van der Waals surface area (Å²) in [4.78, 5) is 16.8. The van der Waals surface area contributed by atoms with Gasteiger partial charge < -0.3 is 24.7 Å². The van der Waals surface area contributed by atoms with E-state index in [-0.39, 0.29) is 12.0 Å². The maximum Gasteiger partial charge on any atom is 0.226 e. The van der Waals surface area contributed by atoms with Gasteiger partial charge in [-0.05, 0) is 50.3 Å². The molecule has 3 heterocycles. The number of rotatable bonds is 6. The van der Waals surface area contributed by atoms with Crippen molar-refractivity contribution in [2.75, 3.05) is 31.1 Å². The van der Waals surface area contributed by atoms with Crippen LogP contribution in [-0.4, -0.2) is 59.4 Å². The standard InChI is InChI=1S/C23H32N4O3/c1-17-14-22(30-25-17)16-24-19-6-10-26(11-7-19)20-4-2-18(3-5-20)15-23(29)27-12-8-21(28)9-13-27/h2-5,14,19,21,24,28H,6-13,15-16H2,1H3. The molecular formula is C23H32N4O3. The number of carbonyl (C=O) groups is 1. The van der Waals surface area contributed by atoms with Gasteiger partial charge in [-0.3, -0.25) is 4.79 Å². The number of anilines is 1. The predicted molar refractivity (Wildman–Crippen MR) is 115 cm³/mol. The molecule has 0 bridgehead atoms. The minimum atomic E-state index is -0.251. The summed E-state index contributed by atoms with van der Waals surface area (Å²) < 4.78 is 5.27. The summed E-state index contributed by atoms with van der Waals surface area (Å²) in [6, 6.07) is 10.9. The van der Waals surface area contributed by atoms with Crippen molar-refractivity contribution in [1.82, 2.24) is 15.4 Å². The maximum absolute atomic E-state index is 12.5. The van der Waals surface area contributed by atoms with Crippen LogP contribution in [-0.2, 0) is 17.8 Å².